The first-order valence-corrected chi connectivity index (χ1v) is 8.27. The number of rotatable bonds is 7. The van der Waals surface area contributed by atoms with E-state index in [1.165, 1.54) is 11.3 Å². The highest BCUT2D eigenvalue weighted by molar-refractivity contribution is 7.10. The highest BCUT2D eigenvalue weighted by atomic mass is 32.1. The monoisotopic (exact) mass is 317 g/mol. The molecule has 2 aromatic rings. The first kappa shape index (κ1) is 15.1. The number of nitrogens with one attached hydrogen (secondary N) is 1. The second kappa shape index (κ2) is 6.50. The Bertz CT molecular complexity index is 610. The maximum Gasteiger partial charge on any atom is 0.258 e. The van der Waals surface area contributed by atoms with Crippen molar-refractivity contribution in [3.63, 3.8) is 0 Å². The molecule has 4 nitrogen and oxygen atoms in total. The molecule has 0 bridgehead atoms. The van der Waals surface area contributed by atoms with E-state index in [-0.39, 0.29) is 25.0 Å². The molecule has 1 aromatic heterocycles. The van der Waals surface area contributed by atoms with Gasteiger partial charge in [-0.15, -0.1) is 11.3 Å². The van der Waals surface area contributed by atoms with Crippen LogP contribution in [0.15, 0.2) is 47.8 Å². The van der Waals surface area contributed by atoms with Crippen LogP contribution >= 0.6 is 11.3 Å². The average Bonchev–Trinajstić information content (AvgIpc) is 3.26. The van der Waals surface area contributed by atoms with Crippen molar-refractivity contribution in [2.45, 2.75) is 18.4 Å². The van der Waals surface area contributed by atoms with Crippen LogP contribution in [-0.4, -0.2) is 24.2 Å². The van der Waals surface area contributed by atoms with Gasteiger partial charge in [-0.2, -0.15) is 0 Å². The van der Waals surface area contributed by atoms with Gasteiger partial charge in [0.1, 0.15) is 11.4 Å². The first-order chi connectivity index (χ1) is 10.7. The van der Waals surface area contributed by atoms with Crippen LogP contribution in [0.5, 0.6) is 5.75 Å². The fourth-order valence-electron chi connectivity index (χ4n) is 2.47. The van der Waals surface area contributed by atoms with Gasteiger partial charge in [0, 0.05) is 4.88 Å². The molecule has 0 aliphatic heterocycles. The molecule has 1 aliphatic carbocycles. The van der Waals surface area contributed by atoms with Crippen molar-refractivity contribution in [3.05, 3.63) is 52.7 Å². The molecule has 3 rings (SSSR count). The Balaban J connectivity index is 1.53. The molecule has 1 heterocycles. The fourth-order valence-corrected chi connectivity index (χ4v) is 3.37. The number of aliphatic hydroxyl groups is 1. The van der Waals surface area contributed by atoms with Gasteiger partial charge in [0.25, 0.3) is 5.91 Å². The molecular formula is C17H19NO3S. The Kier molecular flexibility index (Phi) is 4.45. The quantitative estimate of drug-likeness (QED) is 0.825. The van der Waals surface area contributed by atoms with Crippen LogP contribution in [0.4, 0.5) is 0 Å². The number of amides is 1. The van der Waals surface area contributed by atoms with E-state index in [2.05, 4.69) is 5.32 Å². The minimum atomic E-state index is -0.948. The largest absolute Gasteiger partial charge is 0.484 e. The topological polar surface area (TPSA) is 58.6 Å². The van der Waals surface area contributed by atoms with Crippen LogP contribution in [0.1, 0.15) is 17.7 Å². The molecular weight excluding hydrogens is 298 g/mol. The molecule has 22 heavy (non-hydrogen) atoms. The Labute approximate surface area is 133 Å². The van der Waals surface area contributed by atoms with Gasteiger partial charge in [-0.3, -0.25) is 4.79 Å². The molecule has 0 radical (unpaired) electrons. The second-order valence-electron chi connectivity index (χ2n) is 5.55. The number of ether oxygens (including phenoxy) is 1. The zero-order chi connectivity index (χ0) is 15.4. The molecule has 1 unspecified atom stereocenters. The summed E-state index contributed by atoms with van der Waals surface area (Å²) in [7, 11) is 0. The lowest BCUT2D eigenvalue weighted by Crippen LogP contribution is -2.43. The standard InChI is InChI=1S/C17H19NO3S/c19-16(11-21-14-5-2-1-3-6-14)18-12-17(20,13-8-9-13)15-7-4-10-22-15/h1-7,10,13,20H,8-9,11-12H2,(H,18,19). The van der Waals surface area contributed by atoms with E-state index in [1.807, 2.05) is 35.7 Å². The number of benzene rings is 1. The summed E-state index contributed by atoms with van der Waals surface area (Å²) in [5, 5.41) is 15.6. The maximum atomic E-state index is 11.9. The minimum absolute atomic E-state index is 0.0464. The van der Waals surface area contributed by atoms with Crippen molar-refractivity contribution in [1.29, 1.82) is 0 Å². The molecule has 1 atom stereocenters. The normalized spacial score (nSPS) is 16.8. The maximum absolute atomic E-state index is 11.9. The van der Waals surface area contributed by atoms with Gasteiger partial charge in [0.15, 0.2) is 6.61 Å². The van der Waals surface area contributed by atoms with Crippen LogP contribution in [0.3, 0.4) is 0 Å². The molecule has 1 aromatic carbocycles. The molecule has 0 saturated heterocycles. The lowest BCUT2D eigenvalue weighted by Gasteiger charge is -2.27. The van der Waals surface area contributed by atoms with Crippen LogP contribution in [-0.2, 0) is 10.4 Å². The lowest BCUT2D eigenvalue weighted by atomic mass is 9.95. The van der Waals surface area contributed by atoms with Crippen molar-refractivity contribution >= 4 is 17.2 Å². The summed E-state index contributed by atoms with van der Waals surface area (Å²) in [6, 6.07) is 13.1. The van der Waals surface area contributed by atoms with E-state index in [9.17, 15) is 9.90 Å². The van der Waals surface area contributed by atoms with Crippen LogP contribution in [0, 0.1) is 5.92 Å². The average molecular weight is 317 g/mol. The van der Waals surface area contributed by atoms with E-state index < -0.39 is 5.60 Å². The van der Waals surface area contributed by atoms with Gasteiger partial charge in [0.05, 0.1) is 6.54 Å². The van der Waals surface area contributed by atoms with Crippen LogP contribution in [0.25, 0.3) is 0 Å². The van der Waals surface area contributed by atoms with Crippen molar-refractivity contribution in [1.82, 2.24) is 5.32 Å². The van der Waals surface area contributed by atoms with E-state index in [0.717, 1.165) is 17.7 Å². The number of carbonyl (C=O) groups excluding carboxylic acids is 1. The summed E-state index contributed by atoms with van der Waals surface area (Å²) < 4.78 is 5.41. The van der Waals surface area contributed by atoms with Gasteiger partial charge < -0.3 is 15.2 Å². The summed E-state index contributed by atoms with van der Waals surface area (Å²) in [5.41, 5.74) is -0.948. The molecule has 5 heteroatoms. The smallest absolute Gasteiger partial charge is 0.258 e. The van der Waals surface area contributed by atoms with Crippen LogP contribution < -0.4 is 10.1 Å². The van der Waals surface area contributed by atoms with Crippen molar-refractivity contribution in [3.8, 4) is 5.75 Å². The summed E-state index contributed by atoms with van der Waals surface area (Å²) in [4.78, 5) is 12.8. The molecule has 1 saturated carbocycles. The Morgan fingerprint density at radius 3 is 2.68 bits per heavy atom. The Morgan fingerprint density at radius 1 is 1.27 bits per heavy atom. The number of para-hydroxylation sites is 1. The summed E-state index contributed by atoms with van der Waals surface area (Å²) in [5.74, 6) is 0.675. The number of hydrogen-bond acceptors (Lipinski definition) is 4. The second-order valence-corrected chi connectivity index (χ2v) is 6.50. The van der Waals surface area contributed by atoms with Gasteiger partial charge in [0.2, 0.25) is 0 Å². The van der Waals surface area contributed by atoms with Gasteiger partial charge >= 0.3 is 0 Å². The molecule has 1 fully saturated rings. The Hall–Kier alpha value is -1.85. The predicted molar refractivity (Wildman–Crippen MR) is 85.9 cm³/mol. The summed E-state index contributed by atoms with van der Waals surface area (Å²) >= 11 is 1.53. The molecule has 116 valence electrons. The Morgan fingerprint density at radius 2 is 2.05 bits per heavy atom. The lowest BCUT2D eigenvalue weighted by molar-refractivity contribution is -0.124. The van der Waals surface area contributed by atoms with E-state index in [1.54, 1.807) is 12.1 Å². The van der Waals surface area contributed by atoms with E-state index in [4.69, 9.17) is 4.74 Å². The van der Waals surface area contributed by atoms with Gasteiger partial charge in [-0.05, 0) is 42.3 Å². The molecule has 1 aliphatic rings. The molecule has 0 spiro atoms. The van der Waals surface area contributed by atoms with Crippen molar-refractivity contribution < 1.29 is 14.6 Å². The fraction of sp³-hybridized carbons (Fsp3) is 0.353. The molecule has 1 amide bonds. The van der Waals surface area contributed by atoms with E-state index >= 15 is 0 Å². The zero-order valence-electron chi connectivity index (χ0n) is 12.2. The van der Waals surface area contributed by atoms with Crippen molar-refractivity contribution in [2.24, 2.45) is 5.92 Å². The first-order valence-electron chi connectivity index (χ1n) is 7.39. The number of hydrogen-bond donors (Lipinski definition) is 2. The van der Waals surface area contributed by atoms with Gasteiger partial charge in [-0.25, -0.2) is 0 Å². The third-order valence-electron chi connectivity index (χ3n) is 3.87. The number of thiophene rings is 1. The van der Waals surface area contributed by atoms with Gasteiger partial charge in [-0.1, -0.05) is 24.3 Å². The van der Waals surface area contributed by atoms with Crippen LogP contribution in [0.2, 0.25) is 0 Å². The third-order valence-corrected chi connectivity index (χ3v) is 4.91. The van der Waals surface area contributed by atoms with Crippen molar-refractivity contribution in [2.75, 3.05) is 13.2 Å². The van der Waals surface area contributed by atoms with E-state index in [0.29, 0.717) is 5.75 Å². The minimum Gasteiger partial charge on any atom is -0.484 e. The predicted octanol–water partition coefficient (Wildman–Crippen LogP) is 2.54. The summed E-state index contributed by atoms with van der Waals surface area (Å²) in [6.45, 7) is 0.185. The highest BCUT2D eigenvalue weighted by Gasteiger charge is 2.45. The summed E-state index contributed by atoms with van der Waals surface area (Å²) in [6.07, 6.45) is 2.01. The number of carbonyl (C=O) groups is 1. The highest BCUT2D eigenvalue weighted by Crippen LogP contribution is 2.46. The third kappa shape index (κ3) is 3.48. The molecule has 2 N–H and O–H groups in total. The zero-order valence-corrected chi connectivity index (χ0v) is 13.0. The SMILES string of the molecule is O=C(COc1ccccc1)NCC(O)(c1cccs1)C1CC1.